The van der Waals surface area contributed by atoms with Gasteiger partial charge in [-0.2, -0.15) is 0 Å². The number of aromatic nitrogens is 1. The molecule has 3 aromatic rings. The van der Waals surface area contributed by atoms with Crippen LogP contribution in [0.25, 0.3) is 16.6 Å². The molecule has 0 bridgehead atoms. The van der Waals surface area contributed by atoms with Gasteiger partial charge in [0.1, 0.15) is 11.6 Å². The molecule has 6 nitrogen and oxygen atoms in total. The molecule has 33 heavy (non-hydrogen) atoms. The van der Waals surface area contributed by atoms with Crippen LogP contribution in [-0.2, 0) is 19.7 Å². The standard InChI is InChI=1S/C26H28FNO5/c1-25(2)14-33-20-13-26(32-3,24(30)31)12-11-17(20)21-22-18(5-4-6-19(22)29)28(23(21)25)16-9-7-15(27)8-10-16/h4-10,17,20,29H,11-14H2,1-3H3,(H,30,31)/t17?,20?,26-/m1/s1. The molecule has 2 N–H and O–H groups in total. The van der Waals surface area contributed by atoms with Gasteiger partial charge < -0.3 is 24.3 Å². The van der Waals surface area contributed by atoms with E-state index in [1.54, 1.807) is 24.3 Å². The number of carboxylic acid groups (broad SMARTS) is 1. The van der Waals surface area contributed by atoms with E-state index < -0.39 is 17.0 Å². The lowest BCUT2D eigenvalue weighted by atomic mass is 9.72. The minimum atomic E-state index is -1.28. The molecule has 2 aliphatic rings. The SMILES string of the molecule is CO[C@]1(C(=O)O)CCC2c3c(n(-c4ccc(F)cc4)c4cccc(O)c34)C(C)(C)COC2C1. The van der Waals surface area contributed by atoms with Gasteiger partial charge in [0, 0.05) is 41.6 Å². The number of aliphatic carboxylic acids is 1. The lowest BCUT2D eigenvalue weighted by molar-refractivity contribution is -0.174. The molecule has 1 aliphatic heterocycles. The molecule has 7 heteroatoms. The van der Waals surface area contributed by atoms with Gasteiger partial charge in [0.2, 0.25) is 0 Å². The van der Waals surface area contributed by atoms with Crippen LogP contribution in [-0.4, -0.2) is 46.2 Å². The van der Waals surface area contributed by atoms with Crippen molar-refractivity contribution in [2.75, 3.05) is 13.7 Å². The summed E-state index contributed by atoms with van der Waals surface area (Å²) in [7, 11) is 1.44. The molecule has 174 valence electrons. The first-order valence-electron chi connectivity index (χ1n) is 11.2. The number of phenols is 1. The van der Waals surface area contributed by atoms with Crippen molar-refractivity contribution in [2.45, 2.75) is 56.1 Å². The lowest BCUT2D eigenvalue weighted by Gasteiger charge is -2.40. The quantitative estimate of drug-likeness (QED) is 0.590. The van der Waals surface area contributed by atoms with Gasteiger partial charge in [-0.05, 0) is 54.8 Å². The Labute approximate surface area is 191 Å². The highest BCUT2D eigenvalue weighted by molar-refractivity contribution is 5.93. The van der Waals surface area contributed by atoms with E-state index in [-0.39, 0.29) is 30.0 Å². The van der Waals surface area contributed by atoms with Crippen LogP contribution in [0.2, 0.25) is 0 Å². The molecule has 5 rings (SSSR count). The summed E-state index contributed by atoms with van der Waals surface area (Å²) in [5.41, 5.74) is 1.88. The van der Waals surface area contributed by atoms with Gasteiger partial charge >= 0.3 is 5.97 Å². The molecule has 0 amide bonds. The topological polar surface area (TPSA) is 80.9 Å². The van der Waals surface area contributed by atoms with Crippen LogP contribution >= 0.6 is 0 Å². The highest BCUT2D eigenvalue weighted by Gasteiger charge is 2.51. The van der Waals surface area contributed by atoms with Crippen molar-refractivity contribution >= 4 is 16.9 Å². The zero-order valence-electron chi connectivity index (χ0n) is 19.0. The normalized spacial score (nSPS) is 26.4. The van der Waals surface area contributed by atoms with E-state index >= 15 is 0 Å². The molecular weight excluding hydrogens is 425 g/mol. The second-order valence-corrected chi connectivity index (χ2v) is 9.83. The van der Waals surface area contributed by atoms with E-state index in [0.717, 1.165) is 27.8 Å². The summed E-state index contributed by atoms with van der Waals surface area (Å²) in [6, 6.07) is 11.8. The molecule has 0 radical (unpaired) electrons. The molecular formula is C26H28FNO5. The maximum absolute atomic E-state index is 13.7. The van der Waals surface area contributed by atoms with E-state index in [2.05, 4.69) is 18.4 Å². The van der Waals surface area contributed by atoms with Gasteiger partial charge in [-0.3, -0.25) is 0 Å². The number of benzene rings is 2. The number of ether oxygens (including phenoxy) is 2. The Morgan fingerprint density at radius 2 is 1.94 bits per heavy atom. The predicted molar refractivity (Wildman–Crippen MR) is 122 cm³/mol. The number of methoxy groups -OCH3 is 1. The smallest absolute Gasteiger partial charge is 0.336 e. The fourth-order valence-electron chi connectivity index (χ4n) is 5.74. The number of aromatic hydroxyl groups is 1. The fourth-order valence-corrected chi connectivity index (χ4v) is 5.74. The van der Waals surface area contributed by atoms with E-state index in [1.165, 1.54) is 19.2 Å². The van der Waals surface area contributed by atoms with Gasteiger partial charge in [0.15, 0.2) is 5.60 Å². The molecule has 1 aliphatic carbocycles. The molecule has 3 atom stereocenters. The van der Waals surface area contributed by atoms with Gasteiger partial charge in [-0.15, -0.1) is 0 Å². The van der Waals surface area contributed by atoms with Gasteiger partial charge in [-0.25, -0.2) is 9.18 Å². The Kier molecular flexibility index (Phi) is 5.03. The van der Waals surface area contributed by atoms with E-state index in [1.807, 2.05) is 6.07 Å². The number of carboxylic acids is 1. The highest BCUT2D eigenvalue weighted by atomic mass is 19.1. The number of rotatable bonds is 3. The van der Waals surface area contributed by atoms with Gasteiger partial charge in [-0.1, -0.05) is 19.9 Å². The molecule has 0 saturated heterocycles. The van der Waals surface area contributed by atoms with E-state index in [4.69, 9.17) is 9.47 Å². The highest BCUT2D eigenvalue weighted by Crippen LogP contribution is 2.52. The van der Waals surface area contributed by atoms with Crippen molar-refractivity contribution in [1.82, 2.24) is 4.57 Å². The third-order valence-electron chi connectivity index (χ3n) is 7.38. The number of hydrogen-bond acceptors (Lipinski definition) is 4. The van der Waals surface area contributed by atoms with Crippen LogP contribution in [0, 0.1) is 5.82 Å². The number of fused-ring (bicyclic) bond motifs is 5. The van der Waals surface area contributed by atoms with Crippen molar-refractivity contribution in [1.29, 1.82) is 0 Å². The summed E-state index contributed by atoms with van der Waals surface area (Å²) in [6.45, 7) is 4.54. The van der Waals surface area contributed by atoms with Crippen molar-refractivity contribution in [3.63, 3.8) is 0 Å². The summed E-state index contributed by atoms with van der Waals surface area (Å²) in [6.07, 6.45) is 0.753. The average Bonchev–Trinajstić information content (AvgIpc) is 3.10. The summed E-state index contributed by atoms with van der Waals surface area (Å²) in [5, 5.41) is 21.6. The van der Waals surface area contributed by atoms with Crippen molar-refractivity contribution in [3.05, 3.63) is 59.5 Å². The molecule has 0 spiro atoms. The Bertz CT molecular complexity index is 1230. The van der Waals surface area contributed by atoms with E-state index in [0.29, 0.717) is 19.4 Å². The molecule has 1 aromatic heterocycles. The van der Waals surface area contributed by atoms with Crippen LogP contribution in [0.1, 0.15) is 50.3 Å². The molecule has 1 fully saturated rings. The maximum atomic E-state index is 13.7. The third-order valence-corrected chi connectivity index (χ3v) is 7.38. The van der Waals surface area contributed by atoms with Crippen molar-refractivity contribution in [3.8, 4) is 11.4 Å². The van der Waals surface area contributed by atoms with Crippen LogP contribution in [0.4, 0.5) is 4.39 Å². The minimum absolute atomic E-state index is 0.109. The van der Waals surface area contributed by atoms with Crippen LogP contribution in [0.5, 0.6) is 5.75 Å². The number of hydrogen-bond donors (Lipinski definition) is 2. The summed E-state index contributed by atoms with van der Waals surface area (Å²) < 4.78 is 27.7. The van der Waals surface area contributed by atoms with Crippen molar-refractivity contribution < 1.29 is 28.9 Å². The van der Waals surface area contributed by atoms with Crippen LogP contribution in [0.3, 0.4) is 0 Å². The predicted octanol–water partition coefficient (Wildman–Crippen LogP) is 4.89. The second-order valence-electron chi connectivity index (χ2n) is 9.83. The first kappa shape index (κ1) is 21.9. The summed E-state index contributed by atoms with van der Waals surface area (Å²) in [5.74, 6) is -1.24. The Balaban J connectivity index is 1.79. The van der Waals surface area contributed by atoms with Crippen LogP contribution in [0.15, 0.2) is 42.5 Å². The maximum Gasteiger partial charge on any atom is 0.336 e. The number of phenolic OH excluding ortho intramolecular Hbond substituents is 1. The third kappa shape index (κ3) is 3.25. The van der Waals surface area contributed by atoms with E-state index in [9.17, 15) is 19.4 Å². The number of halogens is 1. The molecule has 2 unspecified atom stereocenters. The average molecular weight is 454 g/mol. The Morgan fingerprint density at radius 1 is 1.21 bits per heavy atom. The van der Waals surface area contributed by atoms with Gasteiger partial charge in [0.05, 0.1) is 18.2 Å². The first-order chi connectivity index (χ1) is 15.7. The lowest BCUT2D eigenvalue weighted by Crippen LogP contribution is -2.49. The summed E-state index contributed by atoms with van der Waals surface area (Å²) >= 11 is 0. The van der Waals surface area contributed by atoms with Gasteiger partial charge in [0.25, 0.3) is 0 Å². The molecule has 1 saturated carbocycles. The largest absolute Gasteiger partial charge is 0.507 e. The number of carbonyl (C=O) groups is 1. The first-order valence-corrected chi connectivity index (χ1v) is 11.2. The monoisotopic (exact) mass is 453 g/mol. The minimum Gasteiger partial charge on any atom is -0.507 e. The van der Waals surface area contributed by atoms with Crippen LogP contribution < -0.4 is 0 Å². The fraction of sp³-hybridized carbons (Fsp3) is 0.423. The molecule has 2 aromatic carbocycles. The summed E-state index contributed by atoms with van der Waals surface area (Å²) in [4.78, 5) is 12.1. The number of nitrogens with zero attached hydrogens (tertiary/aromatic N) is 1. The Morgan fingerprint density at radius 3 is 2.61 bits per heavy atom. The Hall–Kier alpha value is -2.90. The second kappa shape index (κ2) is 7.57. The zero-order valence-corrected chi connectivity index (χ0v) is 19.0. The zero-order chi connectivity index (χ0) is 23.5. The van der Waals surface area contributed by atoms with Crippen molar-refractivity contribution in [2.24, 2.45) is 0 Å². The molecule has 2 heterocycles.